The number of aromatic nitrogens is 2. The number of imidazole rings is 1. The molecule has 19 heavy (non-hydrogen) atoms. The van der Waals surface area contributed by atoms with Crippen molar-refractivity contribution in [2.45, 2.75) is 20.1 Å². The van der Waals surface area contributed by atoms with Crippen molar-refractivity contribution in [3.8, 4) is 5.75 Å². The van der Waals surface area contributed by atoms with Crippen LogP contribution in [0.4, 0.5) is 0 Å². The van der Waals surface area contributed by atoms with Crippen LogP contribution in [0.2, 0.25) is 0 Å². The molecule has 0 fully saturated rings. The number of hydrogen-bond acceptors (Lipinski definition) is 3. The minimum atomic E-state index is 0.523. The van der Waals surface area contributed by atoms with Gasteiger partial charge in [0.2, 0.25) is 0 Å². The zero-order chi connectivity index (χ0) is 13.8. The van der Waals surface area contributed by atoms with Crippen LogP contribution < -0.4 is 10.1 Å². The fourth-order valence-corrected chi connectivity index (χ4v) is 2.62. The van der Waals surface area contributed by atoms with E-state index in [9.17, 15) is 0 Å². The molecule has 102 valence electrons. The maximum atomic E-state index is 5.98. The van der Waals surface area contributed by atoms with Crippen molar-refractivity contribution < 1.29 is 4.74 Å². The van der Waals surface area contributed by atoms with E-state index >= 15 is 0 Å². The average molecular weight is 324 g/mol. The number of rotatable bonds is 5. The van der Waals surface area contributed by atoms with Crippen LogP contribution in [0, 0.1) is 6.92 Å². The summed E-state index contributed by atoms with van der Waals surface area (Å²) in [5, 5.41) is 3.17. The predicted octanol–water partition coefficient (Wildman–Crippen LogP) is 2.79. The van der Waals surface area contributed by atoms with Gasteiger partial charge < -0.3 is 14.6 Å². The molecule has 0 bridgehead atoms. The van der Waals surface area contributed by atoms with Gasteiger partial charge in [0.1, 0.15) is 12.4 Å². The Balaban J connectivity index is 2.21. The first-order chi connectivity index (χ1) is 9.11. The van der Waals surface area contributed by atoms with E-state index in [1.54, 1.807) is 6.33 Å². The first-order valence-corrected chi connectivity index (χ1v) is 6.92. The van der Waals surface area contributed by atoms with E-state index in [1.165, 1.54) is 0 Å². The molecule has 0 aliphatic heterocycles. The van der Waals surface area contributed by atoms with Gasteiger partial charge in [0.15, 0.2) is 0 Å². The van der Waals surface area contributed by atoms with Crippen molar-refractivity contribution >= 4 is 15.9 Å². The highest BCUT2D eigenvalue weighted by atomic mass is 79.9. The van der Waals surface area contributed by atoms with E-state index in [-0.39, 0.29) is 0 Å². The lowest BCUT2D eigenvalue weighted by molar-refractivity contribution is 0.291. The van der Waals surface area contributed by atoms with Crippen molar-refractivity contribution in [3.63, 3.8) is 0 Å². The summed E-state index contributed by atoms with van der Waals surface area (Å²) < 4.78 is 9.02. The number of hydrogen-bond donors (Lipinski definition) is 1. The van der Waals surface area contributed by atoms with Crippen LogP contribution in [0.1, 0.15) is 16.8 Å². The van der Waals surface area contributed by atoms with Gasteiger partial charge in [0.05, 0.1) is 18.2 Å². The molecular weight excluding hydrogens is 306 g/mol. The molecule has 4 nitrogen and oxygen atoms in total. The first-order valence-electron chi connectivity index (χ1n) is 6.13. The van der Waals surface area contributed by atoms with Crippen LogP contribution in [0.3, 0.4) is 0 Å². The summed E-state index contributed by atoms with van der Waals surface area (Å²) in [6.07, 6.45) is 3.60. The summed E-state index contributed by atoms with van der Waals surface area (Å²) in [6.45, 7) is 3.36. The van der Waals surface area contributed by atoms with Crippen molar-refractivity contribution in [1.29, 1.82) is 0 Å². The summed E-state index contributed by atoms with van der Waals surface area (Å²) in [7, 11) is 3.90. The van der Waals surface area contributed by atoms with Gasteiger partial charge in [-0.3, -0.25) is 0 Å². The molecule has 0 aliphatic carbocycles. The molecule has 0 saturated carbocycles. The predicted molar refractivity (Wildman–Crippen MR) is 79.2 cm³/mol. The Hall–Kier alpha value is -1.33. The monoisotopic (exact) mass is 323 g/mol. The van der Waals surface area contributed by atoms with Gasteiger partial charge in [0.25, 0.3) is 0 Å². The van der Waals surface area contributed by atoms with Crippen LogP contribution in [-0.2, 0) is 20.2 Å². The molecule has 5 heteroatoms. The molecule has 0 aliphatic rings. The van der Waals surface area contributed by atoms with Crippen LogP contribution in [0.5, 0.6) is 5.75 Å². The number of halogens is 1. The highest BCUT2D eigenvalue weighted by molar-refractivity contribution is 9.10. The SMILES string of the molecule is CNCc1cc(Br)cc(C)c1OCc1cncn1C. The summed E-state index contributed by atoms with van der Waals surface area (Å²) in [5.41, 5.74) is 3.33. The molecule has 1 aromatic heterocycles. The van der Waals surface area contributed by atoms with Gasteiger partial charge in [-0.1, -0.05) is 15.9 Å². The fourth-order valence-electron chi connectivity index (χ4n) is 2.00. The quantitative estimate of drug-likeness (QED) is 0.919. The van der Waals surface area contributed by atoms with Gasteiger partial charge in [-0.05, 0) is 31.7 Å². The van der Waals surface area contributed by atoms with E-state index < -0.39 is 0 Å². The fraction of sp³-hybridized carbons (Fsp3) is 0.357. The highest BCUT2D eigenvalue weighted by Gasteiger charge is 2.09. The second-order valence-corrected chi connectivity index (χ2v) is 5.44. The lowest BCUT2D eigenvalue weighted by Gasteiger charge is -2.15. The van der Waals surface area contributed by atoms with E-state index in [4.69, 9.17) is 4.74 Å². The Morgan fingerprint density at radius 1 is 1.42 bits per heavy atom. The average Bonchev–Trinajstić information content (AvgIpc) is 2.74. The standard InChI is InChI=1S/C14H18BrN3O/c1-10-4-12(15)5-11(6-16-2)14(10)19-8-13-7-17-9-18(13)3/h4-5,7,9,16H,6,8H2,1-3H3. The molecular formula is C14H18BrN3O. The Morgan fingerprint density at radius 2 is 2.21 bits per heavy atom. The Kier molecular flexibility index (Phi) is 4.61. The first kappa shape index (κ1) is 14.1. The number of nitrogens with zero attached hydrogens (tertiary/aromatic N) is 2. The minimum absolute atomic E-state index is 0.523. The van der Waals surface area contributed by atoms with Crippen molar-refractivity contribution in [1.82, 2.24) is 14.9 Å². The van der Waals surface area contributed by atoms with Gasteiger partial charge >= 0.3 is 0 Å². The van der Waals surface area contributed by atoms with Crippen LogP contribution in [0.25, 0.3) is 0 Å². The zero-order valence-electron chi connectivity index (χ0n) is 11.4. The topological polar surface area (TPSA) is 39.1 Å². The normalized spacial score (nSPS) is 10.7. The molecule has 0 amide bonds. The van der Waals surface area contributed by atoms with Gasteiger partial charge in [0, 0.05) is 23.6 Å². The smallest absolute Gasteiger partial charge is 0.130 e. The number of benzene rings is 1. The van der Waals surface area contributed by atoms with E-state index in [0.29, 0.717) is 6.61 Å². The van der Waals surface area contributed by atoms with Crippen molar-refractivity contribution in [2.24, 2.45) is 7.05 Å². The minimum Gasteiger partial charge on any atom is -0.487 e. The second kappa shape index (κ2) is 6.21. The molecule has 0 unspecified atom stereocenters. The Morgan fingerprint density at radius 3 is 2.84 bits per heavy atom. The van der Waals surface area contributed by atoms with E-state index in [2.05, 4.69) is 45.3 Å². The lowest BCUT2D eigenvalue weighted by Crippen LogP contribution is -2.09. The summed E-state index contributed by atoms with van der Waals surface area (Å²) in [4.78, 5) is 4.09. The third-order valence-corrected chi connectivity index (χ3v) is 3.42. The van der Waals surface area contributed by atoms with Crippen LogP contribution in [-0.4, -0.2) is 16.6 Å². The van der Waals surface area contributed by atoms with Crippen molar-refractivity contribution in [3.05, 3.63) is 46.0 Å². The van der Waals surface area contributed by atoms with E-state index in [0.717, 1.165) is 33.6 Å². The molecule has 2 aromatic rings. The summed E-state index contributed by atoms with van der Waals surface area (Å²) in [5.74, 6) is 0.943. The number of ether oxygens (including phenoxy) is 1. The maximum absolute atomic E-state index is 5.98. The highest BCUT2D eigenvalue weighted by Crippen LogP contribution is 2.28. The molecule has 0 saturated heterocycles. The maximum Gasteiger partial charge on any atom is 0.130 e. The molecule has 0 spiro atoms. The molecule has 0 atom stereocenters. The van der Waals surface area contributed by atoms with Gasteiger partial charge in [-0.2, -0.15) is 0 Å². The third-order valence-electron chi connectivity index (χ3n) is 2.96. The lowest BCUT2D eigenvalue weighted by atomic mass is 10.1. The molecule has 1 N–H and O–H groups in total. The third kappa shape index (κ3) is 3.36. The van der Waals surface area contributed by atoms with Crippen molar-refractivity contribution in [2.75, 3.05) is 7.05 Å². The van der Waals surface area contributed by atoms with Crippen LogP contribution in [0.15, 0.2) is 29.1 Å². The molecule has 1 aromatic carbocycles. The molecule has 0 radical (unpaired) electrons. The number of nitrogens with one attached hydrogen (secondary N) is 1. The summed E-state index contributed by atoms with van der Waals surface area (Å²) in [6, 6.07) is 4.15. The number of aryl methyl sites for hydroxylation is 2. The van der Waals surface area contributed by atoms with Gasteiger partial charge in [-0.25, -0.2) is 4.98 Å². The molecule has 1 heterocycles. The summed E-state index contributed by atoms with van der Waals surface area (Å²) >= 11 is 3.52. The zero-order valence-corrected chi connectivity index (χ0v) is 13.0. The Bertz CT molecular complexity index is 566. The van der Waals surface area contributed by atoms with Gasteiger partial charge in [-0.15, -0.1) is 0 Å². The molecule has 2 rings (SSSR count). The second-order valence-electron chi connectivity index (χ2n) is 4.53. The Labute approximate surface area is 121 Å². The largest absolute Gasteiger partial charge is 0.487 e. The van der Waals surface area contributed by atoms with E-state index in [1.807, 2.05) is 24.9 Å². The van der Waals surface area contributed by atoms with Crippen LogP contribution >= 0.6 is 15.9 Å².